The van der Waals surface area contributed by atoms with Gasteiger partial charge in [0.2, 0.25) is 0 Å². The van der Waals surface area contributed by atoms with Crippen molar-refractivity contribution in [1.82, 2.24) is 10.6 Å². The third-order valence-corrected chi connectivity index (χ3v) is 4.32. The highest BCUT2D eigenvalue weighted by atomic mass is 16.5. The van der Waals surface area contributed by atoms with Crippen LogP contribution in [0, 0.1) is 0 Å². The van der Waals surface area contributed by atoms with Crippen molar-refractivity contribution in [2.24, 2.45) is 0 Å². The van der Waals surface area contributed by atoms with Crippen molar-refractivity contribution in [2.45, 2.75) is 45.6 Å². The van der Waals surface area contributed by atoms with Crippen molar-refractivity contribution in [3.05, 3.63) is 35.0 Å². The summed E-state index contributed by atoms with van der Waals surface area (Å²) in [5.74, 6) is 0.704. The molecular formula is C20H28N2O5. The molecule has 1 atom stereocenters. The maximum absolute atomic E-state index is 12.5. The van der Waals surface area contributed by atoms with Gasteiger partial charge in [0.25, 0.3) is 0 Å². The first-order valence-corrected chi connectivity index (χ1v) is 9.25. The summed E-state index contributed by atoms with van der Waals surface area (Å²) in [5, 5.41) is 5.57. The molecule has 0 saturated carbocycles. The molecule has 0 saturated heterocycles. The van der Waals surface area contributed by atoms with Gasteiger partial charge in [-0.1, -0.05) is 26.3 Å². The van der Waals surface area contributed by atoms with Crippen molar-refractivity contribution in [2.75, 3.05) is 20.8 Å². The Kier molecular flexibility index (Phi) is 7.52. The molecule has 0 aliphatic carbocycles. The highest BCUT2D eigenvalue weighted by Gasteiger charge is 2.33. The van der Waals surface area contributed by atoms with Gasteiger partial charge in [-0.3, -0.25) is 0 Å². The molecule has 27 heavy (non-hydrogen) atoms. The molecule has 0 spiro atoms. The number of unbranched alkanes of at least 4 members (excludes halogenated alkanes) is 1. The number of carbonyl (C=O) groups is 2. The van der Waals surface area contributed by atoms with Gasteiger partial charge in [0.15, 0.2) is 11.5 Å². The second kappa shape index (κ2) is 9.85. The summed E-state index contributed by atoms with van der Waals surface area (Å²) in [4.78, 5) is 24.6. The molecule has 2 amide bonds. The van der Waals surface area contributed by atoms with Crippen LogP contribution in [-0.4, -0.2) is 32.8 Å². The van der Waals surface area contributed by atoms with Crippen molar-refractivity contribution in [3.63, 3.8) is 0 Å². The zero-order chi connectivity index (χ0) is 19.8. The summed E-state index contributed by atoms with van der Waals surface area (Å²) in [5.41, 5.74) is 1.73. The minimum atomic E-state index is -0.618. The summed E-state index contributed by atoms with van der Waals surface area (Å²) < 4.78 is 16.1. The number of ether oxygens (including phenoxy) is 3. The minimum Gasteiger partial charge on any atom is -0.493 e. The standard InChI is InChI=1S/C20H28N2O5/c1-5-7-8-14-17(19(23)26-4)18(22-20(24)21-14)13-9-10-15(27-11-6-2)16(12-13)25-3/h9-10,12,18H,5-8,11H2,1-4H3,(H2,21,22,24). The van der Waals surface area contributed by atoms with Gasteiger partial charge in [-0.05, 0) is 37.0 Å². The van der Waals surface area contributed by atoms with E-state index in [-0.39, 0.29) is 6.03 Å². The Morgan fingerprint density at radius 2 is 1.93 bits per heavy atom. The third kappa shape index (κ3) is 4.93. The van der Waals surface area contributed by atoms with Crippen LogP contribution in [0.3, 0.4) is 0 Å². The van der Waals surface area contributed by atoms with E-state index in [4.69, 9.17) is 14.2 Å². The van der Waals surface area contributed by atoms with Crippen LogP contribution >= 0.6 is 0 Å². The van der Waals surface area contributed by atoms with Crippen molar-refractivity contribution < 1.29 is 23.8 Å². The Labute approximate surface area is 160 Å². The van der Waals surface area contributed by atoms with Crippen LogP contribution in [0.15, 0.2) is 29.5 Å². The molecule has 0 radical (unpaired) electrons. The number of esters is 1. The second-order valence-corrected chi connectivity index (χ2v) is 6.28. The summed E-state index contributed by atoms with van der Waals surface area (Å²) in [6.07, 6.45) is 3.28. The lowest BCUT2D eigenvalue weighted by Crippen LogP contribution is -2.45. The highest BCUT2D eigenvalue weighted by Crippen LogP contribution is 2.35. The Hall–Kier alpha value is -2.70. The number of hydrogen-bond donors (Lipinski definition) is 2. The van der Waals surface area contributed by atoms with E-state index >= 15 is 0 Å². The van der Waals surface area contributed by atoms with Crippen LogP contribution in [0.4, 0.5) is 4.79 Å². The van der Waals surface area contributed by atoms with Gasteiger partial charge in [-0.2, -0.15) is 0 Å². The SMILES string of the molecule is CCCCC1=C(C(=O)OC)C(c2ccc(OCCC)c(OC)c2)NC(=O)N1. The van der Waals surface area contributed by atoms with Crippen LogP contribution in [0.2, 0.25) is 0 Å². The Balaban J connectivity index is 2.46. The smallest absolute Gasteiger partial charge is 0.337 e. The van der Waals surface area contributed by atoms with Gasteiger partial charge in [0, 0.05) is 5.70 Å². The maximum atomic E-state index is 12.5. The number of methoxy groups -OCH3 is 2. The lowest BCUT2D eigenvalue weighted by molar-refractivity contribution is -0.136. The number of nitrogens with one attached hydrogen (secondary N) is 2. The summed E-state index contributed by atoms with van der Waals surface area (Å²) in [6.45, 7) is 4.66. The lowest BCUT2D eigenvalue weighted by Gasteiger charge is -2.29. The Bertz CT molecular complexity index is 714. The number of carbonyl (C=O) groups excluding carboxylic acids is 2. The number of allylic oxidation sites excluding steroid dienone is 1. The van der Waals surface area contributed by atoms with E-state index in [9.17, 15) is 9.59 Å². The Morgan fingerprint density at radius 1 is 1.15 bits per heavy atom. The zero-order valence-corrected chi connectivity index (χ0v) is 16.4. The van der Waals surface area contributed by atoms with E-state index in [1.165, 1.54) is 7.11 Å². The lowest BCUT2D eigenvalue weighted by atomic mass is 9.93. The van der Waals surface area contributed by atoms with E-state index < -0.39 is 12.0 Å². The number of benzene rings is 1. The number of rotatable bonds is 9. The number of hydrogen-bond acceptors (Lipinski definition) is 5. The van der Waals surface area contributed by atoms with E-state index in [2.05, 4.69) is 17.6 Å². The fraction of sp³-hybridized carbons (Fsp3) is 0.500. The highest BCUT2D eigenvalue weighted by molar-refractivity contribution is 5.95. The van der Waals surface area contributed by atoms with E-state index in [1.807, 2.05) is 13.0 Å². The van der Waals surface area contributed by atoms with Crippen LogP contribution in [0.5, 0.6) is 11.5 Å². The maximum Gasteiger partial charge on any atom is 0.337 e. The molecule has 1 aromatic carbocycles. The summed E-state index contributed by atoms with van der Waals surface area (Å²) >= 11 is 0. The molecule has 2 N–H and O–H groups in total. The summed E-state index contributed by atoms with van der Waals surface area (Å²) in [7, 11) is 2.89. The van der Waals surface area contributed by atoms with E-state index in [0.29, 0.717) is 35.8 Å². The monoisotopic (exact) mass is 376 g/mol. The van der Waals surface area contributed by atoms with Crippen LogP contribution in [-0.2, 0) is 9.53 Å². The first-order valence-electron chi connectivity index (χ1n) is 9.25. The normalized spacial score (nSPS) is 16.4. The molecule has 1 unspecified atom stereocenters. The fourth-order valence-electron chi connectivity index (χ4n) is 2.96. The van der Waals surface area contributed by atoms with Crippen LogP contribution < -0.4 is 20.1 Å². The van der Waals surface area contributed by atoms with Gasteiger partial charge in [-0.25, -0.2) is 9.59 Å². The molecule has 148 valence electrons. The van der Waals surface area contributed by atoms with Crippen LogP contribution in [0.25, 0.3) is 0 Å². The van der Waals surface area contributed by atoms with Gasteiger partial charge in [0.1, 0.15) is 0 Å². The molecule has 1 heterocycles. The molecule has 1 aliphatic heterocycles. The first kappa shape index (κ1) is 20.6. The molecule has 0 bridgehead atoms. The molecule has 1 aliphatic rings. The molecule has 7 nitrogen and oxygen atoms in total. The average molecular weight is 376 g/mol. The van der Waals surface area contributed by atoms with Gasteiger partial charge < -0.3 is 24.8 Å². The second-order valence-electron chi connectivity index (χ2n) is 6.28. The molecule has 2 rings (SSSR count). The predicted molar refractivity (Wildman–Crippen MR) is 102 cm³/mol. The molecule has 7 heteroatoms. The van der Waals surface area contributed by atoms with Gasteiger partial charge in [0.05, 0.1) is 32.4 Å². The van der Waals surface area contributed by atoms with E-state index in [0.717, 1.165) is 24.8 Å². The predicted octanol–water partition coefficient (Wildman–Crippen LogP) is 3.46. The van der Waals surface area contributed by atoms with Gasteiger partial charge in [-0.15, -0.1) is 0 Å². The van der Waals surface area contributed by atoms with E-state index in [1.54, 1.807) is 19.2 Å². The average Bonchev–Trinajstić information content (AvgIpc) is 2.69. The molecular weight excluding hydrogens is 348 g/mol. The fourth-order valence-corrected chi connectivity index (χ4v) is 2.96. The quantitative estimate of drug-likeness (QED) is 0.645. The largest absolute Gasteiger partial charge is 0.493 e. The minimum absolute atomic E-state index is 0.343. The van der Waals surface area contributed by atoms with Crippen molar-refractivity contribution >= 4 is 12.0 Å². The van der Waals surface area contributed by atoms with Gasteiger partial charge >= 0.3 is 12.0 Å². The van der Waals surface area contributed by atoms with Crippen molar-refractivity contribution in [3.8, 4) is 11.5 Å². The molecule has 0 aromatic heterocycles. The topological polar surface area (TPSA) is 85.9 Å². The summed E-state index contributed by atoms with van der Waals surface area (Å²) in [6, 6.07) is 4.43. The van der Waals surface area contributed by atoms with Crippen LogP contribution in [0.1, 0.15) is 51.1 Å². The van der Waals surface area contributed by atoms with Crippen molar-refractivity contribution in [1.29, 1.82) is 0 Å². The first-order chi connectivity index (χ1) is 13.0. The number of amides is 2. The zero-order valence-electron chi connectivity index (χ0n) is 16.4. The molecule has 1 aromatic rings. The number of urea groups is 1. The third-order valence-electron chi connectivity index (χ3n) is 4.32. The Morgan fingerprint density at radius 3 is 2.56 bits per heavy atom. The molecule has 0 fully saturated rings.